The summed E-state index contributed by atoms with van der Waals surface area (Å²) in [6, 6.07) is 16.9. The number of thioether (sulfide) groups is 1. The van der Waals surface area contributed by atoms with Gasteiger partial charge in [-0.1, -0.05) is 80.4 Å². The maximum absolute atomic E-state index is 14.3. The van der Waals surface area contributed by atoms with Crippen molar-refractivity contribution in [2.24, 2.45) is 5.92 Å². The lowest BCUT2D eigenvalue weighted by atomic mass is 9.68. The van der Waals surface area contributed by atoms with Crippen LogP contribution in [-0.2, 0) is 11.8 Å². The highest BCUT2D eigenvalue weighted by Gasteiger charge is 2.44. The Hall–Kier alpha value is -2.33. The Morgan fingerprint density at radius 3 is 2.50 bits per heavy atom. The zero-order valence-electron chi connectivity index (χ0n) is 19.4. The summed E-state index contributed by atoms with van der Waals surface area (Å²) < 4.78 is 1.90. The van der Waals surface area contributed by atoms with Crippen molar-refractivity contribution in [2.75, 3.05) is 5.75 Å². The van der Waals surface area contributed by atoms with Crippen molar-refractivity contribution in [3.63, 3.8) is 0 Å². The first-order chi connectivity index (χ1) is 15.5. The highest BCUT2D eigenvalue weighted by atomic mass is 32.2. The molecule has 0 N–H and O–H groups in total. The van der Waals surface area contributed by atoms with Gasteiger partial charge in [-0.25, -0.2) is 4.98 Å². The maximum Gasteiger partial charge on any atom is 0.263 e. The standard InChI is InChI=1S/C28H32N2OS/c1-19(2)14-17-32-27-29-25-23-9-5-4-8-21(23)18-28(15-6-7-16-28)24(25)26(31)30(27)22-12-10-20(3)11-13-22/h4-5,8-13,19H,6-7,14-18H2,1-3H3. The molecule has 2 aromatic carbocycles. The van der Waals surface area contributed by atoms with Crippen molar-refractivity contribution in [2.45, 2.75) is 69.9 Å². The number of rotatable bonds is 5. The van der Waals surface area contributed by atoms with Gasteiger partial charge in [-0.05, 0) is 56.2 Å². The molecule has 0 radical (unpaired) electrons. The first kappa shape index (κ1) is 21.5. The average Bonchev–Trinajstić information content (AvgIpc) is 3.23. The van der Waals surface area contributed by atoms with E-state index < -0.39 is 0 Å². The minimum absolute atomic E-state index is 0.0681. The summed E-state index contributed by atoms with van der Waals surface area (Å²) in [6.07, 6.45) is 6.61. The van der Waals surface area contributed by atoms with E-state index in [-0.39, 0.29) is 11.0 Å². The van der Waals surface area contributed by atoms with Gasteiger partial charge in [0.15, 0.2) is 5.16 Å². The largest absolute Gasteiger partial charge is 0.268 e. The highest BCUT2D eigenvalue weighted by Crippen LogP contribution is 2.50. The number of benzene rings is 2. The fraction of sp³-hybridized carbons (Fsp3) is 0.429. The SMILES string of the molecule is Cc1ccc(-n2c(SCCC(C)C)nc3c(c2=O)C2(CCCC2)Cc2ccccc2-3)cc1. The van der Waals surface area contributed by atoms with E-state index in [1.807, 2.05) is 4.57 Å². The zero-order chi connectivity index (χ0) is 22.3. The number of nitrogens with zero attached hydrogens (tertiary/aromatic N) is 2. The number of fused-ring (bicyclic) bond motifs is 4. The molecule has 5 rings (SSSR count). The third kappa shape index (κ3) is 3.73. The van der Waals surface area contributed by atoms with E-state index >= 15 is 0 Å². The second-order valence-electron chi connectivity index (χ2n) is 9.95. The maximum atomic E-state index is 14.3. The molecule has 2 aliphatic carbocycles. The molecule has 3 aromatic rings. The number of aromatic nitrogens is 2. The molecular weight excluding hydrogens is 412 g/mol. The monoisotopic (exact) mass is 444 g/mol. The molecule has 1 spiro atoms. The molecule has 1 fully saturated rings. The molecule has 0 aliphatic heterocycles. The van der Waals surface area contributed by atoms with Crippen LogP contribution < -0.4 is 5.56 Å². The quantitative estimate of drug-likeness (QED) is 0.324. The number of aryl methyl sites for hydroxylation is 1. The first-order valence-electron chi connectivity index (χ1n) is 11.9. The minimum atomic E-state index is -0.0681. The van der Waals surface area contributed by atoms with Crippen LogP contribution in [0, 0.1) is 12.8 Å². The van der Waals surface area contributed by atoms with Crippen LogP contribution in [0.15, 0.2) is 58.5 Å². The lowest BCUT2D eigenvalue weighted by Gasteiger charge is -2.36. The van der Waals surface area contributed by atoms with Gasteiger partial charge in [-0.15, -0.1) is 0 Å². The molecule has 32 heavy (non-hydrogen) atoms. The van der Waals surface area contributed by atoms with Crippen molar-refractivity contribution in [1.29, 1.82) is 0 Å². The molecule has 0 amide bonds. The summed E-state index contributed by atoms with van der Waals surface area (Å²) in [5, 5.41) is 0.822. The molecule has 1 heterocycles. The summed E-state index contributed by atoms with van der Waals surface area (Å²) in [6.45, 7) is 6.57. The van der Waals surface area contributed by atoms with Gasteiger partial charge in [0.1, 0.15) is 0 Å². The van der Waals surface area contributed by atoms with E-state index in [1.54, 1.807) is 11.8 Å². The molecule has 1 aromatic heterocycles. The summed E-state index contributed by atoms with van der Waals surface area (Å²) >= 11 is 1.72. The third-order valence-electron chi connectivity index (χ3n) is 7.16. The van der Waals surface area contributed by atoms with E-state index in [1.165, 1.54) is 24.0 Å². The molecule has 2 aliphatic rings. The topological polar surface area (TPSA) is 34.9 Å². The second kappa shape index (κ2) is 8.55. The Morgan fingerprint density at radius 2 is 1.78 bits per heavy atom. The van der Waals surface area contributed by atoms with E-state index in [9.17, 15) is 4.79 Å². The van der Waals surface area contributed by atoms with Crippen LogP contribution in [0.4, 0.5) is 0 Å². The van der Waals surface area contributed by atoms with E-state index in [2.05, 4.69) is 69.3 Å². The van der Waals surface area contributed by atoms with Gasteiger partial charge in [0, 0.05) is 16.7 Å². The predicted octanol–water partition coefficient (Wildman–Crippen LogP) is 6.71. The van der Waals surface area contributed by atoms with Crippen LogP contribution in [0.1, 0.15) is 62.6 Å². The normalized spacial score (nSPS) is 16.4. The van der Waals surface area contributed by atoms with E-state index in [4.69, 9.17) is 4.98 Å². The Balaban J connectivity index is 1.75. The summed E-state index contributed by atoms with van der Waals surface area (Å²) in [7, 11) is 0. The van der Waals surface area contributed by atoms with E-state index in [0.29, 0.717) is 5.92 Å². The average molecular weight is 445 g/mol. The van der Waals surface area contributed by atoms with Crippen LogP contribution in [0.25, 0.3) is 16.9 Å². The van der Waals surface area contributed by atoms with Gasteiger partial charge in [-0.3, -0.25) is 9.36 Å². The number of hydrogen-bond donors (Lipinski definition) is 0. The first-order valence-corrected chi connectivity index (χ1v) is 12.9. The molecule has 166 valence electrons. The molecule has 4 heteroatoms. The van der Waals surface area contributed by atoms with Crippen LogP contribution in [0.3, 0.4) is 0 Å². The van der Waals surface area contributed by atoms with Gasteiger partial charge in [0.25, 0.3) is 5.56 Å². The van der Waals surface area contributed by atoms with Crippen molar-refractivity contribution in [1.82, 2.24) is 9.55 Å². The number of hydrogen-bond acceptors (Lipinski definition) is 3. The molecule has 3 nitrogen and oxygen atoms in total. The van der Waals surface area contributed by atoms with Gasteiger partial charge in [0.05, 0.1) is 16.9 Å². The summed E-state index contributed by atoms with van der Waals surface area (Å²) in [5.41, 5.74) is 6.59. The van der Waals surface area contributed by atoms with Gasteiger partial charge in [0.2, 0.25) is 0 Å². The minimum Gasteiger partial charge on any atom is -0.268 e. The second-order valence-corrected chi connectivity index (χ2v) is 11.0. The van der Waals surface area contributed by atoms with Crippen LogP contribution in [0.2, 0.25) is 0 Å². The molecular formula is C28H32N2OS. The summed E-state index contributed by atoms with van der Waals surface area (Å²) in [4.78, 5) is 19.6. The Kier molecular flexibility index (Phi) is 5.75. The smallest absolute Gasteiger partial charge is 0.263 e. The van der Waals surface area contributed by atoms with Gasteiger partial charge < -0.3 is 0 Å². The van der Waals surface area contributed by atoms with Crippen LogP contribution in [0.5, 0.6) is 0 Å². The van der Waals surface area contributed by atoms with Crippen LogP contribution >= 0.6 is 11.8 Å². The summed E-state index contributed by atoms with van der Waals surface area (Å²) in [5.74, 6) is 1.59. The van der Waals surface area contributed by atoms with Crippen molar-refractivity contribution in [3.05, 3.63) is 75.6 Å². The highest BCUT2D eigenvalue weighted by molar-refractivity contribution is 7.99. The molecule has 0 bridgehead atoms. The lowest BCUT2D eigenvalue weighted by molar-refractivity contribution is 0.422. The zero-order valence-corrected chi connectivity index (χ0v) is 20.2. The Bertz CT molecular complexity index is 1190. The van der Waals surface area contributed by atoms with Gasteiger partial charge >= 0.3 is 0 Å². The lowest BCUT2D eigenvalue weighted by Crippen LogP contribution is -2.40. The molecule has 0 saturated heterocycles. The molecule has 0 unspecified atom stereocenters. The Labute approximate surface area is 195 Å². The fourth-order valence-corrected chi connectivity index (χ4v) is 6.66. The van der Waals surface area contributed by atoms with E-state index in [0.717, 1.165) is 59.1 Å². The predicted molar refractivity (Wildman–Crippen MR) is 134 cm³/mol. The third-order valence-corrected chi connectivity index (χ3v) is 8.14. The van der Waals surface area contributed by atoms with Crippen molar-refractivity contribution < 1.29 is 0 Å². The van der Waals surface area contributed by atoms with Crippen LogP contribution in [-0.4, -0.2) is 15.3 Å². The molecule has 0 atom stereocenters. The van der Waals surface area contributed by atoms with Crippen molar-refractivity contribution in [3.8, 4) is 16.9 Å². The molecule has 1 saturated carbocycles. The van der Waals surface area contributed by atoms with Gasteiger partial charge in [-0.2, -0.15) is 0 Å². The Morgan fingerprint density at radius 1 is 1.06 bits per heavy atom. The van der Waals surface area contributed by atoms with Crippen molar-refractivity contribution >= 4 is 11.8 Å². The fourth-order valence-electron chi connectivity index (χ4n) is 5.42.